The molecule has 1 aliphatic rings. The zero-order valence-corrected chi connectivity index (χ0v) is 9.29. The van der Waals surface area contributed by atoms with E-state index in [0.29, 0.717) is 12.1 Å². The Morgan fingerprint density at radius 3 is 2.38 bits per heavy atom. The molecule has 1 aliphatic carbocycles. The van der Waals surface area contributed by atoms with Crippen LogP contribution in [0.2, 0.25) is 0 Å². The van der Waals surface area contributed by atoms with Crippen molar-refractivity contribution in [3.63, 3.8) is 0 Å². The van der Waals surface area contributed by atoms with Crippen LogP contribution in [-0.2, 0) is 0 Å². The molecule has 0 aliphatic heterocycles. The van der Waals surface area contributed by atoms with Gasteiger partial charge in [-0.15, -0.1) is 0 Å². The molecule has 0 aromatic rings. The summed E-state index contributed by atoms with van der Waals surface area (Å²) in [5.41, 5.74) is 6.06. The third-order valence-corrected chi connectivity index (χ3v) is 3.11. The van der Waals surface area contributed by atoms with E-state index in [1.165, 1.54) is 25.8 Å². The molecule has 0 bridgehead atoms. The van der Waals surface area contributed by atoms with Gasteiger partial charge in [-0.3, -0.25) is 0 Å². The summed E-state index contributed by atoms with van der Waals surface area (Å²) >= 11 is 0. The van der Waals surface area contributed by atoms with E-state index in [9.17, 15) is 0 Å². The van der Waals surface area contributed by atoms with E-state index in [4.69, 9.17) is 5.73 Å². The van der Waals surface area contributed by atoms with Crippen molar-refractivity contribution in [1.82, 2.24) is 4.90 Å². The first-order valence-corrected chi connectivity index (χ1v) is 5.64. The van der Waals surface area contributed by atoms with Crippen LogP contribution in [0.25, 0.3) is 0 Å². The van der Waals surface area contributed by atoms with Crippen molar-refractivity contribution in [1.29, 1.82) is 0 Å². The predicted molar refractivity (Wildman–Crippen MR) is 57.7 cm³/mol. The SMILES string of the molecule is CCN(CCC(N)C1CC1)C(C)C. The fraction of sp³-hybridized carbons (Fsp3) is 1.00. The summed E-state index contributed by atoms with van der Waals surface area (Å²) in [7, 11) is 0. The van der Waals surface area contributed by atoms with E-state index < -0.39 is 0 Å². The highest BCUT2D eigenvalue weighted by atomic mass is 15.1. The highest BCUT2D eigenvalue weighted by Gasteiger charge is 2.28. The summed E-state index contributed by atoms with van der Waals surface area (Å²) in [6.07, 6.45) is 3.92. The van der Waals surface area contributed by atoms with Crippen molar-refractivity contribution in [2.24, 2.45) is 11.7 Å². The van der Waals surface area contributed by atoms with Gasteiger partial charge in [0, 0.05) is 12.1 Å². The summed E-state index contributed by atoms with van der Waals surface area (Å²) in [5.74, 6) is 0.853. The average Bonchev–Trinajstić information content (AvgIpc) is 2.86. The van der Waals surface area contributed by atoms with E-state index in [-0.39, 0.29) is 0 Å². The van der Waals surface area contributed by atoms with Crippen LogP contribution >= 0.6 is 0 Å². The van der Waals surface area contributed by atoms with Gasteiger partial charge in [-0.1, -0.05) is 6.92 Å². The minimum absolute atomic E-state index is 0.466. The quantitative estimate of drug-likeness (QED) is 0.682. The topological polar surface area (TPSA) is 29.3 Å². The Kier molecular flexibility index (Phi) is 4.20. The fourth-order valence-electron chi connectivity index (χ4n) is 1.86. The van der Waals surface area contributed by atoms with Gasteiger partial charge < -0.3 is 10.6 Å². The summed E-state index contributed by atoms with van der Waals surface area (Å²) < 4.78 is 0. The van der Waals surface area contributed by atoms with E-state index in [0.717, 1.165) is 12.5 Å². The molecule has 1 atom stereocenters. The molecular weight excluding hydrogens is 160 g/mol. The summed E-state index contributed by atoms with van der Waals surface area (Å²) in [5, 5.41) is 0. The van der Waals surface area contributed by atoms with Gasteiger partial charge in [0.05, 0.1) is 0 Å². The molecule has 0 spiro atoms. The lowest BCUT2D eigenvalue weighted by atomic mass is 10.1. The predicted octanol–water partition coefficient (Wildman–Crippen LogP) is 1.84. The lowest BCUT2D eigenvalue weighted by molar-refractivity contribution is 0.222. The van der Waals surface area contributed by atoms with Gasteiger partial charge >= 0.3 is 0 Å². The van der Waals surface area contributed by atoms with E-state index in [2.05, 4.69) is 25.7 Å². The molecule has 78 valence electrons. The Labute approximate surface area is 82.5 Å². The van der Waals surface area contributed by atoms with Gasteiger partial charge in [0.2, 0.25) is 0 Å². The smallest absolute Gasteiger partial charge is 0.00793 e. The second-order valence-corrected chi connectivity index (χ2v) is 4.51. The van der Waals surface area contributed by atoms with Gasteiger partial charge in [0.15, 0.2) is 0 Å². The summed E-state index contributed by atoms with van der Waals surface area (Å²) in [4.78, 5) is 2.49. The second kappa shape index (κ2) is 4.97. The lowest BCUT2D eigenvalue weighted by Crippen LogP contribution is -2.35. The number of rotatable bonds is 6. The number of nitrogens with two attached hydrogens (primary N) is 1. The van der Waals surface area contributed by atoms with Crippen molar-refractivity contribution in [3.8, 4) is 0 Å². The normalized spacial score (nSPS) is 19.8. The van der Waals surface area contributed by atoms with Gasteiger partial charge in [-0.25, -0.2) is 0 Å². The molecule has 13 heavy (non-hydrogen) atoms. The molecule has 2 heteroatoms. The van der Waals surface area contributed by atoms with Gasteiger partial charge in [0.25, 0.3) is 0 Å². The maximum absolute atomic E-state index is 6.06. The molecule has 2 N–H and O–H groups in total. The molecule has 1 fully saturated rings. The Balaban J connectivity index is 2.14. The molecule has 1 saturated carbocycles. The number of hydrogen-bond donors (Lipinski definition) is 1. The van der Waals surface area contributed by atoms with Crippen LogP contribution in [0.15, 0.2) is 0 Å². The Morgan fingerprint density at radius 2 is 2.00 bits per heavy atom. The Morgan fingerprint density at radius 1 is 1.38 bits per heavy atom. The van der Waals surface area contributed by atoms with Crippen molar-refractivity contribution >= 4 is 0 Å². The second-order valence-electron chi connectivity index (χ2n) is 4.51. The molecule has 0 aromatic heterocycles. The third-order valence-electron chi connectivity index (χ3n) is 3.11. The number of nitrogens with zero attached hydrogens (tertiary/aromatic N) is 1. The minimum Gasteiger partial charge on any atom is -0.327 e. The zero-order chi connectivity index (χ0) is 9.84. The molecule has 0 heterocycles. The van der Waals surface area contributed by atoms with Crippen molar-refractivity contribution in [2.75, 3.05) is 13.1 Å². The Bertz CT molecular complexity index is 141. The van der Waals surface area contributed by atoms with Crippen LogP contribution in [-0.4, -0.2) is 30.1 Å². The maximum atomic E-state index is 6.06. The van der Waals surface area contributed by atoms with E-state index >= 15 is 0 Å². The molecule has 0 radical (unpaired) electrons. The third kappa shape index (κ3) is 3.65. The van der Waals surface area contributed by atoms with Crippen LogP contribution in [0, 0.1) is 5.92 Å². The van der Waals surface area contributed by atoms with E-state index in [1.807, 2.05) is 0 Å². The number of hydrogen-bond acceptors (Lipinski definition) is 2. The van der Waals surface area contributed by atoms with Crippen LogP contribution in [0.5, 0.6) is 0 Å². The molecule has 0 aromatic carbocycles. The minimum atomic E-state index is 0.466. The molecule has 1 unspecified atom stereocenters. The Hall–Kier alpha value is -0.0800. The van der Waals surface area contributed by atoms with Gasteiger partial charge in [-0.2, -0.15) is 0 Å². The zero-order valence-electron chi connectivity index (χ0n) is 9.29. The lowest BCUT2D eigenvalue weighted by Gasteiger charge is -2.26. The van der Waals surface area contributed by atoms with Crippen molar-refractivity contribution < 1.29 is 0 Å². The van der Waals surface area contributed by atoms with Crippen molar-refractivity contribution in [2.45, 2.75) is 52.1 Å². The van der Waals surface area contributed by atoms with Gasteiger partial charge in [0.1, 0.15) is 0 Å². The molecule has 0 saturated heterocycles. The maximum Gasteiger partial charge on any atom is 0.00793 e. The standard InChI is InChI=1S/C11H24N2/c1-4-13(9(2)3)8-7-11(12)10-5-6-10/h9-11H,4-8,12H2,1-3H3. The molecule has 1 rings (SSSR count). The molecule has 0 amide bonds. The largest absolute Gasteiger partial charge is 0.327 e. The van der Waals surface area contributed by atoms with E-state index in [1.54, 1.807) is 0 Å². The van der Waals surface area contributed by atoms with Gasteiger partial charge in [-0.05, 0) is 52.1 Å². The summed E-state index contributed by atoms with van der Waals surface area (Å²) in [6.45, 7) is 9.06. The average molecular weight is 184 g/mol. The van der Waals surface area contributed by atoms with Crippen LogP contribution in [0.1, 0.15) is 40.0 Å². The molecule has 2 nitrogen and oxygen atoms in total. The molecular formula is C11H24N2. The van der Waals surface area contributed by atoms with Crippen LogP contribution in [0.3, 0.4) is 0 Å². The van der Waals surface area contributed by atoms with Crippen LogP contribution < -0.4 is 5.73 Å². The monoisotopic (exact) mass is 184 g/mol. The highest BCUT2D eigenvalue weighted by molar-refractivity contribution is 4.84. The highest BCUT2D eigenvalue weighted by Crippen LogP contribution is 2.32. The first-order valence-electron chi connectivity index (χ1n) is 5.64. The first kappa shape index (κ1) is 11.0. The first-order chi connectivity index (χ1) is 6.15. The van der Waals surface area contributed by atoms with Crippen LogP contribution in [0.4, 0.5) is 0 Å². The fourth-order valence-corrected chi connectivity index (χ4v) is 1.86. The van der Waals surface area contributed by atoms with Crippen molar-refractivity contribution in [3.05, 3.63) is 0 Å². The summed E-state index contributed by atoms with van der Waals surface area (Å²) in [6, 6.07) is 1.13.